The molecule has 1 rings (SSSR count). The summed E-state index contributed by atoms with van der Waals surface area (Å²) >= 11 is 5.41. The minimum absolute atomic E-state index is 0.136. The Morgan fingerprint density at radius 2 is 1.75 bits per heavy atom. The summed E-state index contributed by atoms with van der Waals surface area (Å²) in [6, 6.07) is 0. The second-order valence-electron chi connectivity index (χ2n) is 3.46. The highest BCUT2D eigenvalue weighted by atomic mass is 35.5. The SMILES string of the molecule is CC.CC1CC(C)C(C(=O)Cl)C1. The van der Waals surface area contributed by atoms with Gasteiger partial charge in [-0.2, -0.15) is 0 Å². The lowest BCUT2D eigenvalue weighted by Crippen LogP contribution is -2.10. The van der Waals surface area contributed by atoms with Gasteiger partial charge in [0.25, 0.3) is 0 Å². The van der Waals surface area contributed by atoms with E-state index in [1.807, 2.05) is 13.8 Å². The van der Waals surface area contributed by atoms with Gasteiger partial charge in [-0.15, -0.1) is 0 Å². The Morgan fingerprint density at radius 3 is 1.92 bits per heavy atom. The first kappa shape index (κ1) is 12.0. The molecule has 1 nitrogen and oxygen atoms in total. The second-order valence-corrected chi connectivity index (χ2v) is 3.84. The molecule has 0 aromatic heterocycles. The molecule has 0 aliphatic heterocycles. The van der Waals surface area contributed by atoms with Crippen LogP contribution in [0.2, 0.25) is 0 Å². The Balaban J connectivity index is 0.000000561. The molecule has 0 bridgehead atoms. The maximum absolute atomic E-state index is 10.8. The van der Waals surface area contributed by atoms with Crippen LogP contribution in [0.5, 0.6) is 0 Å². The third-order valence-electron chi connectivity index (χ3n) is 2.41. The molecule has 0 spiro atoms. The van der Waals surface area contributed by atoms with Crippen LogP contribution in [0.25, 0.3) is 0 Å². The molecule has 0 aromatic rings. The van der Waals surface area contributed by atoms with Gasteiger partial charge in [0, 0.05) is 5.92 Å². The van der Waals surface area contributed by atoms with E-state index in [0.29, 0.717) is 11.8 Å². The van der Waals surface area contributed by atoms with Crippen molar-refractivity contribution in [2.75, 3.05) is 0 Å². The van der Waals surface area contributed by atoms with E-state index in [1.165, 1.54) is 0 Å². The molecule has 0 radical (unpaired) electrons. The van der Waals surface area contributed by atoms with Crippen LogP contribution in [0, 0.1) is 17.8 Å². The van der Waals surface area contributed by atoms with Crippen molar-refractivity contribution in [2.24, 2.45) is 17.8 Å². The molecule has 12 heavy (non-hydrogen) atoms. The number of carbonyl (C=O) groups excluding carboxylic acids is 1. The fraction of sp³-hybridized carbons (Fsp3) is 0.900. The predicted molar refractivity (Wildman–Crippen MR) is 53.3 cm³/mol. The molecule has 3 atom stereocenters. The Labute approximate surface area is 80.5 Å². The van der Waals surface area contributed by atoms with Crippen LogP contribution in [-0.2, 0) is 4.79 Å². The molecule has 1 aliphatic carbocycles. The van der Waals surface area contributed by atoms with Gasteiger partial charge in [0.2, 0.25) is 5.24 Å². The van der Waals surface area contributed by atoms with Gasteiger partial charge in [-0.1, -0.05) is 27.7 Å². The molecule has 1 saturated carbocycles. The van der Waals surface area contributed by atoms with Crippen molar-refractivity contribution >= 4 is 16.8 Å². The molecule has 0 aromatic carbocycles. The van der Waals surface area contributed by atoms with Gasteiger partial charge in [0.1, 0.15) is 0 Å². The molecule has 1 aliphatic rings. The van der Waals surface area contributed by atoms with Gasteiger partial charge in [-0.25, -0.2) is 0 Å². The lowest BCUT2D eigenvalue weighted by Gasteiger charge is -2.07. The van der Waals surface area contributed by atoms with Crippen molar-refractivity contribution in [1.29, 1.82) is 0 Å². The Hall–Kier alpha value is -0.0400. The zero-order valence-corrected chi connectivity index (χ0v) is 9.19. The molecular weight excluding hydrogens is 172 g/mol. The first-order valence-corrected chi connectivity index (χ1v) is 5.18. The molecule has 3 unspecified atom stereocenters. The van der Waals surface area contributed by atoms with Crippen molar-refractivity contribution < 1.29 is 4.79 Å². The summed E-state index contributed by atoms with van der Waals surface area (Å²) in [6.07, 6.45) is 2.15. The quantitative estimate of drug-likeness (QED) is 0.579. The number of rotatable bonds is 1. The van der Waals surface area contributed by atoms with Crippen LogP contribution < -0.4 is 0 Å². The lowest BCUT2D eigenvalue weighted by molar-refractivity contribution is -0.115. The number of hydrogen-bond acceptors (Lipinski definition) is 1. The zero-order chi connectivity index (χ0) is 9.72. The Bertz CT molecular complexity index is 145. The molecule has 72 valence electrons. The summed E-state index contributed by atoms with van der Waals surface area (Å²) < 4.78 is 0. The third-order valence-corrected chi connectivity index (χ3v) is 2.69. The van der Waals surface area contributed by atoms with Crippen LogP contribution in [0.1, 0.15) is 40.5 Å². The Kier molecular flexibility index (Phi) is 5.56. The highest BCUT2D eigenvalue weighted by Gasteiger charge is 2.32. The number of halogens is 1. The second kappa shape index (κ2) is 5.58. The van der Waals surface area contributed by atoms with E-state index in [1.54, 1.807) is 0 Å². The molecule has 1 fully saturated rings. The van der Waals surface area contributed by atoms with E-state index in [-0.39, 0.29) is 11.2 Å². The first-order valence-electron chi connectivity index (χ1n) is 4.80. The van der Waals surface area contributed by atoms with Gasteiger partial charge in [-0.05, 0) is 36.3 Å². The maximum Gasteiger partial charge on any atom is 0.224 e. The summed E-state index contributed by atoms with van der Waals surface area (Å²) in [5.74, 6) is 1.32. The molecule has 0 heterocycles. The first-order chi connectivity index (χ1) is 5.61. The average molecular weight is 191 g/mol. The Morgan fingerprint density at radius 1 is 1.25 bits per heavy atom. The average Bonchev–Trinajstić information content (AvgIpc) is 2.34. The summed E-state index contributed by atoms with van der Waals surface area (Å²) in [4.78, 5) is 10.8. The predicted octanol–water partition coefficient (Wildman–Crippen LogP) is 3.46. The molecule has 0 saturated heterocycles. The van der Waals surface area contributed by atoms with Crippen LogP contribution >= 0.6 is 11.6 Å². The van der Waals surface area contributed by atoms with Gasteiger partial charge in [0.15, 0.2) is 0 Å². The normalized spacial score (nSPS) is 33.9. The van der Waals surface area contributed by atoms with Crippen molar-refractivity contribution in [3.63, 3.8) is 0 Å². The topological polar surface area (TPSA) is 17.1 Å². The fourth-order valence-electron chi connectivity index (χ4n) is 1.88. The van der Waals surface area contributed by atoms with Crippen molar-refractivity contribution in [3.8, 4) is 0 Å². The standard InChI is InChI=1S/C8H13ClO.C2H6/c1-5-3-6(2)7(4-5)8(9)10;1-2/h5-7H,3-4H2,1-2H3;1-2H3. The monoisotopic (exact) mass is 190 g/mol. The summed E-state index contributed by atoms with van der Waals surface area (Å²) in [5.41, 5.74) is 0. The molecule has 0 amide bonds. The van der Waals surface area contributed by atoms with Gasteiger partial charge >= 0.3 is 0 Å². The van der Waals surface area contributed by atoms with Crippen LogP contribution in [0.15, 0.2) is 0 Å². The highest BCUT2D eigenvalue weighted by Crippen LogP contribution is 2.36. The van der Waals surface area contributed by atoms with Crippen LogP contribution in [0.3, 0.4) is 0 Å². The van der Waals surface area contributed by atoms with Crippen LogP contribution in [-0.4, -0.2) is 5.24 Å². The zero-order valence-electron chi connectivity index (χ0n) is 8.43. The molecule has 0 N–H and O–H groups in total. The van der Waals surface area contributed by atoms with Crippen molar-refractivity contribution in [2.45, 2.75) is 40.5 Å². The highest BCUT2D eigenvalue weighted by molar-refractivity contribution is 6.64. The van der Waals surface area contributed by atoms with Crippen molar-refractivity contribution in [1.82, 2.24) is 0 Å². The van der Waals surface area contributed by atoms with E-state index in [9.17, 15) is 4.79 Å². The third kappa shape index (κ3) is 3.14. The van der Waals surface area contributed by atoms with E-state index in [2.05, 4.69) is 13.8 Å². The van der Waals surface area contributed by atoms with E-state index >= 15 is 0 Å². The maximum atomic E-state index is 10.8. The van der Waals surface area contributed by atoms with Crippen molar-refractivity contribution in [3.05, 3.63) is 0 Å². The van der Waals surface area contributed by atoms with E-state index in [4.69, 9.17) is 11.6 Å². The van der Waals surface area contributed by atoms with E-state index in [0.717, 1.165) is 12.8 Å². The summed E-state index contributed by atoms with van der Waals surface area (Å²) in [5, 5.41) is -0.142. The van der Waals surface area contributed by atoms with Gasteiger partial charge < -0.3 is 0 Å². The summed E-state index contributed by atoms with van der Waals surface area (Å²) in [6.45, 7) is 8.28. The van der Waals surface area contributed by atoms with Gasteiger partial charge in [0.05, 0.1) is 0 Å². The van der Waals surface area contributed by atoms with E-state index < -0.39 is 0 Å². The smallest absolute Gasteiger partial charge is 0.224 e. The number of hydrogen-bond donors (Lipinski definition) is 0. The molecule has 2 heteroatoms. The lowest BCUT2D eigenvalue weighted by atomic mass is 10.0. The summed E-state index contributed by atoms with van der Waals surface area (Å²) in [7, 11) is 0. The van der Waals surface area contributed by atoms with Crippen LogP contribution in [0.4, 0.5) is 0 Å². The molecular formula is C10H19ClO. The largest absolute Gasteiger partial charge is 0.281 e. The minimum atomic E-state index is -0.142. The van der Waals surface area contributed by atoms with Gasteiger partial charge in [-0.3, -0.25) is 4.79 Å². The minimum Gasteiger partial charge on any atom is -0.281 e. The fourth-order valence-corrected chi connectivity index (χ4v) is 2.18. The number of carbonyl (C=O) groups is 1.